The van der Waals surface area contributed by atoms with Crippen molar-refractivity contribution in [2.75, 3.05) is 19.6 Å². The van der Waals surface area contributed by atoms with Crippen molar-refractivity contribution in [3.05, 3.63) is 0 Å². The highest BCUT2D eigenvalue weighted by atomic mass is 15.2. The van der Waals surface area contributed by atoms with E-state index in [-0.39, 0.29) is 0 Å². The summed E-state index contributed by atoms with van der Waals surface area (Å²) in [5.41, 5.74) is 5.58. The van der Waals surface area contributed by atoms with E-state index in [4.69, 9.17) is 5.73 Å². The van der Waals surface area contributed by atoms with E-state index in [1.165, 1.54) is 25.8 Å². The predicted molar refractivity (Wildman–Crippen MR) is 53.1 cm³/mol. The van der Waals surface area contributed by atoms with Crippen molar-refractivity contribution in [1.29, 1.82) is 0 Å². The van der Waals surface area contributed by atoms with Crippen LogP contribution in [-0.2, 0) is 0 Å². The Morgan fingerprint density at radius 3 is 2.42 bits per heavy atom. The van der Waals surface area contributed by atoms with Crippen LogP contribution < -0.4 is 5.73 Å². The van der Waals surface area contributed by atoms with Gasteiger partial charge in [-0.25, -0.2) is 0 Å². The number of nitrogens with zero attached hydrogens (tertiary/aromatic N) is 1. The van der Waals surface area contributed by atoms with Gasteiger partial charge < -0.3 is 5.73 Å². The summed E-state index contributed by atoms with van der Waals surface area (Å²) in [7, 11) is 0. The van der Waals surface area contributed by atoms with Crippen molar-refractivity contribution in [3.63, 3.8) is 0 Å². The molecule has 0 aromatic carbocycles. The molecule has 0 amide bonds. The minimum atomic E-state index is 0.775. The molecule has 0 aliphatic heterocycles. The molecule has 0 aromatic heterocycles. The van der Waals surface area contributed by atoms with Gasteiger partial charge in [-0.2, -0.15) is 0 Å². The van der Waals surface area contributed by atoms with Crippen molar-refractivity contribution in [3.8, 4) is 0 Å². The van der Waals surface area contributed by atoms with Gasteiger partial charge in [0.25, 0.3) is 0 Å². The van der Waals surface area contributed by atoms with Crippen LogP contribution in [0.5, 0.6) is 0 Å². The van der Waals surface area contributed by atoms with Crippen LogP contribution in [0.15, 0.2) is 0 Å². The quantitative estimate of drug-likeness (QED) is 0.677. The van der Waals surface area contributed by atoms with Crippen molar-refractivity contribution >= 4 is 0 Å². The molecular formula is C10H22N2. The second kappa shape index (κ2) is 4.83. The molecular weight excluding hydrogens is 148 g/mol. The molecule has 0 atom stereocenters. The average Bonchev–Trinajstić information content (AvgIpc) is 1.81. The molecule has 1 aliphatic carbocycles. The van der Waals surface area contributed by atoms with E-state index in [2.05, 4.69) is 18.7 Å². The standard InChI is InChI=1S/C10H22N2/c1-9(2)8-12(7-6-11)10-4-3-5-10/h9-10H,3-8,11H2,1-2H3. The third kappa shape index (κ3) is 2.76. The maximum Gasteiger partial charge on any atom is 0.0108 e. The van der Waals surface area contributed by atoms with Gasteiger partial charge in [-0.3, -0.25) is 4.90 Å². The van der Waals surface area contributed by atoms with E-state index in [9.17, 15) is 0 Å². The SMILES string of the molecule is CC(C)CN(CCN)C1CCC1. The molecule has 0 bridgehead atoms. The largest absolute Gasteiger partial charge is 0.329 e. The first-order valence-electron chi connectivity index (χ1n) is 5.18. The Kier molecular flexibility index (Phi) is 4.02. The van der Waals surface area contributed by atoms with Crippen LogP contribution in [0.2, 0.25) is 0 Å². The van der Waals surface area contributed by atoms with Crippen molar-refractivity contribution in [2.45, 2.75) is 39.2 Å². The molecule has 12 heavy (non-hydrogen) atoms. The molecule has 1 fully saturated rings. The van der Waals surface area contributed by atoms with Crippen molar-refractivity contribution in [1.82, 2.24) is 4.90 Å². The molecule has 0 spiro atoms. The lowest BCUT2D eigenvalue weighted by molar-refractivity contribution is 0.117. The lowest BCUT2D eigenvalue weighted by atomic mass is 9.91. The van der Waals surface area contributed by atoms with Crippen LogP contribution in [0.25, 0.3) is 0 Å². The van der Waals surface area contributed by atoms with E-state index in [1.807, 2.05) is 0 Å². The summed E-state index contributed by atoms with van der Waals surface area (Å²) in [5, 5.41) is 0. The molecule has 0 heterocycles. The van der Waals surface area contributed by atoms with Crippen LogP contribution in [0, 0.1) is 5.92 Å². The Balaban J connectivity index is 2.26. The number of hydrogen-bond acceptors (Lipinski definition) is 2. The van der Waals surface area contributed by atoms with Gasteiger partial charge in [-0.05, 0) is 18.8 Å². The fourth-order valence-electron chi connectivity index (χ4n) is 1.81. The molecule has 2 N–H and O–H groups in total. The summed E-state index contributed by atoms with van der Waals surface area (Å²) in [6.45, 7) is 7.68. The fraction of sp³-hybridized carbons (Fsp3) is 1.00. The summed E-state index contributed by atoms with van der Waals surface area (Å²) in [5.74, 6) is 0.775. The highest BCUT2D eigenvalue weighted by molar-refractivity contribution is 4.80. The monoisotopic (exact) mass is 170 g/mol. The third-order valence-corrected chi connectivity index (χ3v) is 2.61. The lowest BCUT2D eigenvalue weighted by Crippen LogP contribution is -2.44. The lowest BCUT2D eigenvalue weighted by Gasteiger charge is -2.38. The molecule has 72 valence electrons. The van der Waals surface area contributed by atoms with Gasteiger partial charge in [-0.15, -0.1) is 0 Å². The third-order valence-electron chi connectivity index (χ3n) is 2.61. The highest BCUT2D eigenvalue weighted by Gasteiger charge is 2.24. The van der Waals surface area contributed by atoms with Crippen LogP contribution in [0.1, 0.15) is 33.1 Å². The van der Waals surface area contributed by atoms with Crippen LogP contribution in [0.4, 0.5) is 0 Å². The van der Waals surface area contributed by atoms with Gasteiger partial charge in [0.15, 0.2) is 0 Å². The van der Waals surface area contributed by atoms with E-state index in [0.717, 1.165) is 25.0 Å². The second-order valence-electron chi connectivity index (χ2n) is 4.26. The predicted octanol–water partition coefficient (Wildman–Crippen LogP) is 1.46. The molecule has 0 unspecified atom stereocenters. The topological polar surface area (TPSA) is 29.3 Å². The van der Waals surface area contributed by atoms with Gasteiger partial charge in [0.1, 0.15) is 0 Å². The minimum Gasteiger partial charge on any atom is -0.329 e. The normalized spacial score (nSPS) is 18.8. The molecule has 0 aromatic rings. The summed E-state index contributed by atoms with van der Waals surface area (Å²) >= 11 is 0. The molecule has 2 nitrogen and oxygen atoms in total. The Labute approximate surface area is 76.1 Å². The zero-order valence-corrected chi connectivity index (χ0v) is 8.42. The number of rotatable bonds is 5. The first-order valence-corrected chi connectivity index (χ1v) is 5.18. The van der Waals surface area contributed by atoms with Crippen LogP contribution in [0.3, 0.4) is 0 Å². The van der Waals surface area contributed by atoms with Crippen LogP contribution >= 0.6 is 0 Å². The minimum absolute atomic E-state index is 0.775. The summed E-state index contributed by atoms with van der Waals surface area (Å²) < 4.78 is 0. The smallest absolute Gasteiger partial charge is 0.0108 e. The van der Waals surface area contributed by atoms with Crippen LogP contribution in [-0.4, -0.2) is 30.6 Å². The number of hydrogen-bond donors (Lipinski definition) is 1. The highest BCUT2D eigenvalue weighted by Crippen LogP contribution is 2.24. The summed E-state index contributed by atoms with van der Waals surface area (Å²) in [4.78, 5) is 2.56. The van der Waals surface area contributed by atoms with E-state index in [1.54, 1.807) is 0 Å². The maximum absolute atomic E-state index is 5.58. The van der Waals surface area contributed by atoms with Gasteiger partial charge in [0.2, 0.25) is 0 Å². The van der Waals surface area contributed by atoms with Gasteiger partial charge in [0.05, 0.1) is 0 Å². The molecule has 1 aliphatic rings. The van der Waals surface area contributed by atoms with Gasteiger partial charge in [-0.1, -0.05) is 20.3 Å². The van der Waals surface area contributed by atoms with Gasteiger partial charge >= 0.3 is 0 Å². The molecule has 0 saturated heterocycles. The van der Waals surface area contributed by atoms with E-state index in [0.29, 0.717) is 0 Å². The number of nitrogens with two attached hydrogens (primary N) is 1. The first-order chi connectivity index (χ1) is 5.74. The Morgan fingerprint density at radius 1 is 1.42 bits per heavy atom. The molecule has 2 heteroatoms. The molecule has 1 rings (SSSR count). The van der Waals surface area contributed by atoms with Crippen molar-refractivity contribution in [2.24, 2.45) is 11.7 Å². The zero-order valence-electron chi connectivity index (χ0n) is 8.42. The van der Waals surface area contributed by atoms with E-state index >= 15 is 0 Å². The average molecular weight is 170 g/mol. The Bertz CT molecular complexity index is 119. The Morgan fingerprint density at radius 2 is 2.08 bits per heavy atom. The molecule has 0 radical (unpaired) electrons. The summed E-state index contributed by atoms with van der Waals surface area (Å²) in [6, 6.07) is 0.857. The maximum atomic E-state index is 5.58. The van der Waals surface area contributed by atoms with Gasteiger partial charge in [0, 0.05) is 25.7 Å². The second-order valence-corrected chi connectivity index (χ2v) is 4.26. The van der Waals surface area contributed by atoms with E-state index < -0.39 is 0 Å². The van der Waals surface area contributed by atoms with Crippen molar-refractivity contribution < 1.29 is 0 Å². The molecule has 1 saturated carbocycles. The Hall–Kier alpha value is -0.0800. The first kappa shape index (κ1) is 10.0. The zero-order chi connectivity index (χ0) is 8.97. The fourth-order valence-corrected chi connectivity index (χ4v) is 1.81. The summed E-state index contributed by atoms with van der Waals surface area (Å²) in [6.07, 6.45) is 4.21.